The zero-order valence-electron chi connectivity index (χ0n) is 63.5. The number of hydrogen-bond donors (Lipinski definition) is 0. The van der Waals surface area contributed by atoms with Crippen LogP contribution >= 0.6 is 0 Å². The molecule has 0 aliphatic carbocycles. The van der Waals surface area contributed by atoms with Crippen molar-refractivity contribution in [3.63, 3.8) is 0 Å². The van der Waals surface area contributed by atoms with Crippen molar-refractivity contribution < 1.29 is 25.9 Å². The summed E-state index contributed by atoms with van der Waals surface area (Å²) in [6.07, 6.45) is 101. The molecule has 0 amide bonds. The Morgan fingerprint density at radius 3 is 0.463 bits per heavy atom. The van der Waals surface area contributed by atoms with E-state index in [2.05, 4.69) is 13.8 Å². The molecule has 0 spiro atoms. The molecule has 0 aromatic heterocycles. The first-order chi connectivity index (χ1) is 46.1. The van der Waals surface area contributed by atoms with Crippen LogP contribution in [0.5, 0.6) is 0 Å². The van der Waals surface area contributed by atoms with Gasteiger partial charge in [0.25, 0.3) is 0 Å². The molecule has 0 unspecified atom stereocenters. The fourth-order valence-corrected chi connectivity index (χ4v) is 15.3. The van der Waals surface area contributed by atoms with E-state index in [9.17, 15) is 25.9 Å². The van der Waals surface area contributed by atoms with Gasteiger partial charge in [0, 0.05) is 0 Å². The van der Waals surface area contributed by atoms with Crippen LogP contribution in [0.2, 0.25) is 0 Å². The van der Waals surface area contributed by atoms with Gasteiger partial charge in [-0.1, -0.05) is 475 Å². The summed E-state index contributed by atoms with van der Waals surface area (Å²) in [5, 5.41) is 0. The van der Waals surface area contributed by atoms with Crippen molar-refractivity contribution in [2.24, 2.45) is 0 Å². The first-order valence-electron chi connectivity index (χ1n) is 42.2. The van der Waals surface area contributed by atoms with Crippen molar-refractivity contribution in [3.05, 3.63) is 59.7 Å². The molecule has 0 atom stereocenters. The van der Waals surface area contributed by atoms with Gasteiger partial charge in [0.1, 0.15) is 20.2 Å². The summed E-state index contributed by atoms with van der Waals surface area (Å²) in [5.74, 6) is 0. The second-order valence-electron chi connectivity index (χ2n) is 29.7. The molecule has 0 heterocycles. The molecule has 95 heavy (non-hydrogen) atoms. The van der Waals surface area contributed by atoms with Crippen LogP contribution < -0.4 is 0 Å². The number of benzene rings is 2. The van der Waals surface area contributed by atoms with E-state index in [1.54, 1.807) is 12.1 Å². The van der Waals surface area contributed by atoms with Gasteiger partial charge in [-0.3, -0.25) is 0 Å². The van der Waals surface area contributed by atoms with Gasteiger partial charge in [-0.15, -0.1) is 0 Å². The standard InChI is InChI=1S/2C43H80O3S.Ba/c2*1-2-3-4-5-6-7-8-9-10-11-12-13-14-15-16-17-18-19-20-21-22-23-24-25-26-27-28-29-30-31-32-33-34-35-36-38-42-39-37-40-43(41-42)47(44,45)46;/h2*37,39-41H,2-36,38H2,1H3,(H,44,45,46);/q;;+2/p-2. The Balaban J connectivity index is 0.00000184. The van der Waals surface area contributed by atoms with E-state index < -0.39 is 20.2 Å². The first-order valence-corrected chi connectivity index (χ1v) is 45.0. The molecule has 0 aliphatic rings. The summed E-state index contributed by atoms with van der Waals surface area (Å²) < 4.78 is 66.9. The molecular weight excluding hydrogens is 1330 g/mol. The summed E-state index contributed by atoms with van der Waals surface area (Å²) in [4.78, 5) is -0.211. The van der Waals surface area contributed by atoms with Gasteiger partial charge in [0.15, 0.2) is 0 Å². The molecule has 0 bridgehead atoms. The van der Waals surface area contributed by atoms with Crippen LogP contribution in [0.15, 0.2) is 58.3 Å². The van der Waals surface area contributed by atoms with E-state index in [1.165, 1.54) is 461 Å². The van der Waals surface area contributed by atoms with Gasteiger partial charge >= 0.3 is 48.9 Å². The quantitative estimate of drug-likeness (QED) is 0.0370. The van der Waals surface area contributed by atoms with E-state index in [0.717, 1.165) is 36.8 Å². The fraction of sp³-hybridized carbons (Fsp3) is 0.860. The van der Waals surface area contributed by atoms with E-state index in [4.69, 9.17) is 0 Å². The second-order valence-corrected chi connectivity index (χ2v) is 32.5. The monoisotopic (exact) mass is 1490 g/mol. The van der Waals surface area contributed by atoms with Crippen LogP contribution in [-0.4, -0.2) is 74.8 Å². The normalized spacial score (nSPS) is 11.7. The number of unbranched alkanes of at least 4 members (excludes halogenated alkanes) is 68. The summed E-state index contributed by atoms with van der Waals surface area (Å²) in [6.45, 7) is 4.60. The first kappa shape index (κ1) is 94.8. The summed E-state index contributed by atoms with van der Waals surface area (Å²) in [6, 6.07) is 13.0. The third kappa shape index (κ3) is 70.6. The van der Waals surface area contributed by atoms with Crippen LogP contribution in [-0.2, 0) is 33.1 Å². The Labute approximate surface area is 634 Å². The van der Waals surface area contributed by atoms with Crippen molar-refractivity contribution >= 4 is 69.1 Å². The van der Waals surface area contributed by atoms with Crippen LogP contribution in [0, 0.1) is 0 Å². The summed E-state index contributed by atoms with van der Waals surface area (Å²) in [7, 11) is -8.69. The zero-order chi connectivity index (χ0) is 67.9. The molecule has 0 saturated heterocycles. The maximum absolute atomic E-state index is 11.2. The van der Waals surface area contributed by atoms with Crippen LogP contribution in [0.25, 0.3) is 0 Å². The third-order valence-corrected chi connectivity index (χ3v) is 22.2. The molecular formula is C86H158BaO6S2. The molecule has 0 saturated carbocycles. The Bertz CT molecular complexity index is 1920. The Kier molecular flexibility index (Phi) is 74.9. The SMILES string of the molecule is CCCCCCCCCCCCCCCCCCCCCCCCCCCCCCCCCCCCCc1cccc(S(=O)(=O)[O-])c1.CCCCCCCCCCCCCCCCCCCCCCCCCCCCCCCCCCCCCc1cccc(S(=O)(=O)[O-])c1.[Ba+2]. The van der Waals surface area contributed by atoms with Crippen molar-refractivity contribution in [1.82, 2.24) is 0 Å². The molecule has 9 heteroatoms. The maximum Gasteiger partial charge on any atom is 2.00 e. The smallest absolute Gasteiger partial charge is 0.744 e. The molecule has 2 aromatic rings. The predicted molar refractivity (Wildman–Crippen MR) is 417 cm³/mol. The largest absolute Gasteiger partial charge is 2.00 e. The van der Waals surface area contributed by atoms with Crippen LogP contribution in [0.3, 0.4) is 0 Å². The zero-order valence-corrected chi connectivity index (χ0v) is 69.6. The Morgan fingerprint density at radius 1 is 0.211 bits per heavy atom. The molecule has 6 nitrogen and oxygen atoms in total. The molecule has 2 rings (SSSR count). The van der Waals surface area contributed by atoms with Gasteiger partial charge in [-0.25, -0.2) is 16.8 Å². The minimum atomic E-state index is -4.35. The van der Waals surface area contributed by atoms with Crippen LogP contribution in [0.1, 0.15) is 474 Å². The third-order valence-electron chi connectivity index (χ3n) is 20.5. The van der Waals surface area contributed by atoms with Gasteiger partial charge in [-0.2, -0.15) is 0 Å². The van der Waals surface area contributed by atoms with E-state index in [0.29, 0.717) is 0 Å². The van der Waals surface area contributed by atoms with Crippen molar-refractivity contribution in [2.45, 2.75) is 486 Å². The van der Waals surface area contributed by atoms with Gasteiger partial charge < -0.3 is 9.11 Å². The molecule has 0 aliphatic heterocycles. The Morgan fingerprint density at radius 2 is 0.337 bits per heavy atom. The van der Waals surface area contributed by atoms with Crippen molar-refractivity contribution in [2.75, 3.05) is 0 Å². The number of rotatable bonds is 74. The minimum Gasteiger partial charge on any atom is -0.744 e. The second kappa shape index (κ2) is 75.0. The minimum absolute atomic E-state index is 0. The number of hydrogen-bond acceptors (Lipinski definition) is 6. The topological polar surface area (TPSA) is 114 Å². The molecule has 552 valence electrons. The van der Waals surface area contributed by atoms with E-state index in [-0.39, 0.29) is 58.7 Å². The van der Waals surface area contributed by atoms with Crippen molar-refractivity contribution in [3.8, 4) is 0 Å². The molecule has 2 aromatic carbocycles. The summed E-state index contributed by atoms with van der Waals surface area (Å²) >= 11 is 0. The average molecular weight is 1490 g/mol. The van der Waals surface area contributed by atoms with Gasteiger partial charge in [0.2, 0.25) is 0 Å². The van der Waals surface area contributed by atoms with Gasteiger partial charge in [-0.05, 0) is 61.1 Å². The maximum atomic E-state index is 11.2. The van der Waals surface area contributed by atoms with E-state index >= 15 is 0 Å². The average Bonchev–Trinajstić information content (AvgIpc) is 0.972. The van der Waals surface area contributed by atoms with Crippen molar-refractivity contribution in [1.29, 1.82) is 0 Å². The predicted octanol–water partition coefficient (Wildman–Crippen LogP) is 29.2. The van der Waals surface area contributed by atoms with Gasteiger partial charge in [0.05, 0.1) is 9.79 Å². The summed E-state index contributed by atoms with van der Waals surface area (Å²) in [5.41, 5.74) is 1.90. The van der Waals surface area contributed by atoms with Crippen LogP contribution in [0.4, 0.5) is 0 Å². The van der Waals surface area contributed by atoms with E-state index in [1.807, 2.05) is 12.1 Å². The molecule has 0 N–H and O–H groups in total. The molecule has 0 fully saturated rings. The fourth-order valence-electron chi connectivity index (χ4n) is 14.2. The molecule has 0 radical (unpaired) electrons. The Hall–Kier alpha value is -0.169. The number of aryl methyl sites for hydroxylation is 2.